The Morgan fingerprint density at radius 2 is 1.78 bits per heavy atom. The topological polar surface area (TPSA) is 88.2 Å². The molecule has 1 unspecified atom stereocenters. The van der Waals surface area contributed by atoms with Gasteiger partial charge in [-0.1, -0.05) is 41.9 Å². The molecular formula is C24H22ClF4N3O3S. The van der Waals surface area contributed by atoms with Gasteiger partial charge in [0, 0.05) is 29.2 Å². The van der Waals surface area contributed by atoms with E-state index in [0.29, 0.717) is 16.1 Å². The van der Waals surface area contributed by atoms with E-state index in [1.807, 2.05) is 0 Å². The lowest BCUT2D eigenvalue weighted by molar-refractivity contribution is -0.141. The van der Waals surface area contributed by atoms with Crippen LogP contribution in [0.15, 0.2) is 54.6 Å². The average Bonchev–Trinajstić information content (AvgIpc) is 2.79. The van der Waals surface area contributed by atoms with Gasteiger partial charge >= 0.3 is 6.18 Å². The van der Waals surface area contributed by atoms with Crippen LogP contribution in [0.5, 0.6) is 0 Å². The minimum absolute atomic E-state index is 0.00377. The van der Waals surface area contributed by atoms with Gasteiger partial charge in [0.1, 0.15) is 11.5 Å². The molecule has 0 aliphatic rings. The summed E-state index contributed by atoms with van der Waals surface area (Å²) in [5.74, 6) is -2.12. The van der Waals surface area contributed by atoms with Crippen LogP contribution in [0, 0.1) is 5.82 Å². The van der Waals surface area contributed by atoms with Crippen LogP contribution in [-0.4, -0.2) is 25.6 Å². The van der Waals surface area contributed by atoms with Crippen molar-refractivity contribution in [3.8, 4) is 11.3 Å². The minimum Gasteiger partial charge on any atom is -0.351 e. The number of amides is 1. The van der Waals surface area contributed by atoms with E-state index >= 15 is 0 Å². The number of halogens is 5. The number of hydrogen-bond donors (Lipinski definition) is 2. The first-order chi connectivity index (χ1) is 16.8. The molecule has 0 fully saturated rings. The van der Waals surface area contributed by atoms with Gasteiger partial charge in [0.15, 0.2) is 0 Å². The van der Waals surface area contributed by atoms with Crippen LogP contribution in [0.1, 0.15) is 35.2 Å². The van der Waals surface area contributed by atoms with Gasteiger partial charge in [-0.25, -0.2) is 22.5 Å². The van der Waals surface area contributed by atoms with Gasteiger partial charge < -0.3 is 5.32 Å². The molecule has 0 aliphatic carbocycles. The summed E-state index contributed by atoms with van der Waals surface area (Å²) in [6, 6.07) is 12.2. The van der Waals surface area contributed by atoms with E-state index in [0.717, 1.165) is 18.4 Å². The molecule has 192 valence electrons. The Hall–Kier alpha value is -3.02. The van der Waals surface area contributed by atoms with Crippen LogP contribution in [0.25, 0.3) is 11.3 Å². The van der Waals surface area contributed by atoms with Crippen molar-refractivity contribution in [3.05, 3.63) is 87.8 Å². The Morgan fingerprint density at radius 1 is 1.08 bits per heavy atom. The quantitative estimate of drug-likeness (QED) is 0.390. The zero-order valence-corrected chi connectivity index (χ0v) is 20.7. The summed E-state index contributed by atoms with van der Waals surface area (Å²) in [5, 5.41) is 2.95. The summed E-state index contributed by atoms with van der Waals surface area (Å²) in [4.78, 5) is 16.7. The molecule has 0 saturated carbocycles. The Morgan fingerprint density at radius 3 is 2.42 bits per heavy atom. The zero-order chi connectivity index (χ0) is 26.7. The molecule has 1 aromatic heterocycles. The molecule has 1 heterocycles. The highest BCUT2D eigenvalue weighted by atomic mass is 35.5. The summed E-state index contributed by atoms with van der Waals surface area (Å²) >= 11 is 6.00. The van der Waals surface area contributed by atoms with Gasteiger partial charge in [0.25, 0.3) is 0 Å². The van der Waals surface area contributed by atoms with E-state index in [1.165, 1.54) is 31.2 Å². The number of rotatable bonds is 8. The van der Waals surface area contributed by atoms with Crippen LogP contribution in [-0.2, 0) is 34.1 Å². The van der Waals surface area contributed by atoms with Crippen LogP contribution in [0.3, 0.4) is 0 Å². The summed E-state index contributed by atoms with van der Waals surface area (Å²) in [6.07, 6.45) is -3.74. The molecule has 0 spiro atoms. The molecule has 0 aliphatic heterocycles. The Labute approximate surface area is 210 Å². The standard InChI is InChI=1S/C24H22ClF4N3O3S/c1-14(18-7-4-8-20(26)19(18)13-31-36(2,34)35)23(33)30-12-16-9-10-21(24(27,28)29)32-22(16)15-5-3-6-17(25)11-15/h3-11,14,31H,12-13H2,1-2H3,(H,30,33). The highest BCUT2D eigenvalue weighted by Crippen LogP contribution is 2.32. The maximum Gasteiger partial charge on any atom is 0.433 e. The fourth-order valence-electron chi connectivity index (χ4n) is 3.52. The lowest BCUT2D eigenvalue weighted by atomic mass is 9.94. The molecule has 0 radical (unpaired) electrons. The monoisotopic (exact) mass is 543 g/mol. The Balaban J connectivity index is 1.87. The number of aromatic nitrogens is 1. The predicted octanol–water partition coefficient (Wildman–Crippen LogP) is 5.03. The summed E-state index contributed by atoms with van der Waals surface area (Å²) in [7, 11) is -3.61. The van der Waals surface area contributed by atoms with Crippen LogP contribution in [0.2, 0.25) is 5.02 Å². The van der Waals surface area contributed by atoms with E-state index in [4.69, 9.17) is 11.6 Å². The molecule has 1 atom stereocenters. The maximum absolute atomic E-state index is 14.4. The smallest absolute Gasteiger partial charge is 0.351 e. The van der Waals surface area contributed by atoms with Crippen LogP contribution < -0.4 is 10.0 Å². The number of sulfonamides is 1. The number of benzene rings is 2. The lowest BCUT2D eigenvalue weighted by Crippen LogP contribution is -2.29. The number of nitrogens with zero attached hydrogens (tertiary/aromatic N) is 1. The van der Waals surface area contributed by atoms with Gasteiger partial charge in [0.05, 0.1) is 17.9 Å². The fourth-order valence-corrected chi connectivity index (χ4v) is 4.12. The Kier molecular flexibility index (Phi) is 8.37. The van der Waals surface area contributed by atoms with Crippen LogP contribution in [0.4, 0.5) is 17.6 Å². The molecule has 6 nitrogen and oxygen atoms in total. The SMILES string of the molecule is CC(C(=O)NCc1ccc(C(F)(F)F)nc1-c1cccc(Cl)c1)c1cccc(F)c1CNS(C)(=O)=O. The molecule has 2 aromatic carbocycles. The van der Waals surface area contributed by atoms with Gasteiger partial charge in [-0.15, -0.1) is 0 Å². The van der Waals surface area contributed by atoms with Crippen molar-refractivity contribution in [3.63, 3.8) is 0 Å². The normalized spacial score (nSPS) is 12.9. The second-order valence-corrected chi connectivity index (χ2v) is 10.3. The third-order valence-corrected chi connectivity index (χ3v) is 6.25. The van der Waals surface area contributed by atoms with E-state index < -0.39 is 39.5 Å². The molecule has 1 amide bonds. The molecule has 0 saturated heterocycles. The van der Waals surface area contributed by atoms with Crippen molar-refractivity contribution in [2.45, 2.75) is 32.1 Å². The van der Waals surface area contributed by atoms with E-state index in [1.54, 1.807) is 18.2 Å². The first-order valence-corrected chi connectivity index (χ1v) is 12.9. The van der Waals surface area contributed by atoms with Crippen molar-refractivity contribution in [1.82, 2.24) is 15.0 Å². The van der Waals surface area contributed by atoms with E-state index in [-0.39, 0.29) is 29.9 Å². The molecule has 2 N–H and O–H groups in total. The van der Waals surface area contributed by atoms with Crippen LogP contribution >= 0.6 is 11.6 Å². The van der Waals surface area contributed by atoms with E-state index in [2.05, 4.69) is 15.0 Å². The largest absolute Gasteiger partial charge is 0.433 e. The summed E-state index contributed by atoms with van der Waals surface area (Å²) in [6.45, 7) is 1.000. The van der Waals surface area contributed by atoms with Gasteiger partial charge in [-0.05, 0) is 42.3 Å². The van der Waals surface area contributed by atoms with Crippen molar-refractivity contribution in [1.29, 1.82) is 0 Å². The number of nitrogens with one attached hydrogen (secondary N) is 2. The number of carbonyl (C=O) groups is 1. The summed E-state index contributed by atoms with van der Waals surface area (Å²) in [5.41, 5.74) is -0.160. The molecule has 3 rings (SSSR count). The first-order valence-electron chi connectivity index (χ1n) is 10.6. The molecule has 12 heteroatoms. The zero-order valence-electron chi connectivity index (χ0n) is 19.2. The first kappa shape index (κ1) is 27.6. The summed E-state index contributed by atoms with van der Waals surface area (Å²) < 4.78 is 79.4. The number of alkyl halides is 3. The van der Waals surface area contributed by atoms with Crippen molar-refractivity contribution in [2.24, 2.45) is 0 Å². The number of carbonyl (C=O) groups excluding carboxylic acids is 1. The number of hydrogen-bond acceptors (Lipinski definition) is 4. The van der Waals surface area contributed by atoms with Gasteiger partial charge in [-0.3, -0.25) is 4.79 Å². The second-order valence-electron chi connectivity index (χ2n) is 8.05. The minimum atomic E-state index is -4.67. The maximum atomic E-state index is 14.4. The predicted molar refractivity (Wildman–Crippen MR) is 128 cm³/mol. The lowest BCUT2D eigenvalue weighted by Gasteiger charge is -2.18. The highest BCUT2D eigenvalue weighted by molar-refractivity contribution is 7.88. The Bertz CT molecular complexity index is 1380. The molecule has 3 aromatic rings. The molecule has 36 heavy (non-hydrogen) atoms. The second kappa shape index (κ2) is 10.9. The van der Waals surface area contributed by atoms with Gasteiger partial charge in [-0.2, -0.15) is 13.2 Å². The third-order valence-electron chi connectivity index (χ3n) is 5.35. The van der Waals surface area contributed by atoms with E-state index in [9.17, 15) is 30.8 Å². The molecule has 0 bridgehead atoms. The van der Waals surface area contributed by atoms with Gasteiger partial charge in [0.2, 0.25) is 15.9 Å². The van der Waals surface area contributed by atoms with Crippen molar-refractivity contribution < 1.29 is 30.8 Å². The average molecular weight is 544 g/mol. The highest BCUT2D eigenvalue weighted by Gasteiger charge is 2.33. The molecular weight excluding hydrogens is 522 g/mol. The van der Waals surface area contributed by atoms with Crippen molar-refractivity contribution >= 4 is 27.5 Å². The third kappa shape index (κ3) is 7.02. The fraction of sp³-hybridized carbons (Fsp3) is 0.250. The van der Waals surface area contributed by atoms with Crippen molar-refractivity contribution in [2.75, 3.05) is 6.26 Å². The number of pyridine rings is 1.